The highest BCUT2D eigenvalue weighted by Crippen LogP contribution is 2.22. The number of aromatic nitrogens is 1. The van der Waals surface area contributed by atoms with Crippen molar-refractivity contribution in [3.63, 3.8) is 0 Å². The molecule has 1 atom stereocenters. The van der Waals surface area contributed by atoms with Gasteiger partial charge in [0.05, 0.1) is 18.8 Å². The number of morpholine rings is 1. The molecule has 2 aliphatic heterocycles. The van der Waals surface area contributed by atoms with Crippen LogP contribution < -0.4 is 0 Å². The van der Waals surface area contributed by atoms with Gasteiger partial charge in [-0.15, -0.1) is 0 Å². The Bertz CT molecular complexity index is 514. The molecule has 0 radical (unpaired) electrons. The van der Waals surface area contributed by atoms with Crippen LogP contribution in [0.1, 0.15) is 23.2 Å². The van der Waals surface area contributed by atoms with Crippen LogP contribution in [0.3, 0.4) is 0 Å². The van der Waals surface area contributed by atoms with Crippen molar-refractivity contribution in [3.8, 4) is 0 Å². The van der Waals surface area contributed by atoms with E-state index in [4.69, 9.17) is 4.74 Å². The first-order chi connectivity index (χ1) is 10.3. The lowest BCUT2D eigenvalue weighted by Crippen LogP contribution is -2.51. The van der Waals surface area contributed by atoms with Crippen LogP contribution in [0.5, 0.6) is 0 Å². The third kappa shape index (κ3) is 2.90. The summed E-state index contributed by atoms with van der Waals surface area (Å²) >= 11 is 0. The largest absolute Gasteiger partial charge is 0.378 e. The second-order valence-corrected chi connectivity index (χ2v) is 5.34. The minimum atomic E-state index is -0.337. The molecule has 0 spiro atoms. The number of nitrogens with zero attached hydrogens (tertiary/aromatic N) is 3. The molecule has 0 aliphatic carbocycles. The molecule has 1 aromatic heterocycles. The van der Waals surface area contributed by atoms with Crippen LogP contribution in [0.25, 0.3) is 0 Å². The fourth-order valence-electron chi connectivity index (χ4n) is 2.92. The van der Waals surface area contributed by atoms with Crippen LogP contribution in [0.15, 0.2) is 24.5 Å². The topological polar surface area (TPSA) is 62.7 Å². The molecule has 112 valence electrons. The molecular weight excluding hydrogens is 270 g/mol. The third-order valence-electron chi connectivity index (χ3n) is 4.03. The van der Waals surface area contributed by atoms with Crippen molar-refractivity contribution >= 4 is 11.8 Å². The highest BCUT2D eigenvalue weighted by atomic mass is 16.5. The molecule has 6 heteroatoms. The van der Waals surface area contributed by atoms with Crippen molar-refractivity contribution in [2.45, 2.75) is 18.9 Å². The standard InChI is InChI=1S/C15H19N3O3/c19-14(12-3-1-5-16-11-12)18-6-2-4-13(18)15(20)17-7-9-21-10-8-17/h1,3,5,11,13H,2,4,6-10H2/t13-/m0/s1. The van der Waals surface area contributed by atoms with Crippen LogP contribution in [-0.4, -0.2) is 65.5 Å². The zero-order chi connectivity index (χ0) is 14.7. The lowest BCUT2D eigenvalue weighted by atomic mass is 10.1. The summed E-state index contributed by atoms with van der Waals surface area (Å²) < 4.78 is 5.27. The van der Waals surface area contributed by atoms with Gasteiger partial charge in [-0.3, -0.25) is 14.6 Å². The van der Waals surface area contributed by atoms with Crippen molar-refractivity contribution in [3.05, 3.63) is 30.1 Å². The zero-order valence-corrected chi connectivity index (χ0v) is 11.9. The minimum absolute atomic E-state index is 0.0491. The maximum atomic E-state index is 12.6. The molecule has 0 unspecified atom stereocenters. The molecule has 0 aromatic carbocycles. The normalized spacial score (nSPS) is 22.4. The predicted octanol–water partition coefficient (Wildman–Crippen LogP) is 0.545. The van der Waals surface area contributed by atoms with Gasteiger partial charge in [0.15, 0.2) is 0 Å². The number of pyridine rings is 1. The van der Waals surface area contributed by atoms with Crippen molar-refractivity contribution in [1.29, 1.82) is 0 Å². The molecule has 6 nitrogen and oxygen atoms in total. The van der Waals surface area contributed by atoms with E-state index in [0.717, 1.165) is 12.8 Å². The molecule has 0 saturated carbocycles. The smallest absolute Gasteiger partial charge is 0.256 e. The van der Waals surface area contributed by atoms with Gasteiger partial charge in [-0.1, -0.05) is 0 Å². The average Bonchev–Trinajstić information content (AvgIpc) is 3.04. The predicted molar refractivity (Wildman–Crippen MR) is 75.7 cm³/mol. The van der Waals surface area contributed by atoms with Gasteiger partial charge < -0.3 is 14.5 Å². The number of carbonyl (C=O) groups is 2. The van der Waals surface area contributed by atoms with E-state index in [9.17, 15) is 9.59 Å². The summed E-state index contributed by atoms with van der Waals surface area (Å²) in [5.41, 5.74) is 0.541. The molecule has 2 fully saturated rings. The van der Waals surface area contributed by atoms with Gasteiger partial charge >= 0.3 is 0 Å². The number of ether oxygens (including phenoxy) is 1. The fourth-order valence-corrected chi connectivity index (χ4v) is 2.92. The van der Waals surface area contributed by atoms with E-state index < -0.39 is 0 Å². The molecule has 0 bridgehead atoms. The summed E-state index contributed by atoms with van der Waals surface area (Å²) in [6.45, 7) is 3.02. The first kappa shape index (κ1) is 14.0. The molecule has 1 aromatic rings. The van der Waals surface area contributed by atoms with E-state index in [0.29, 0.717) is 38.4 Å². The molecule has 3 heterocycles. The van der Waals surface area contributed by atoms with E-state index in [1.165, 1.54) is 0 Å². The van der Waals surface area contributed by atoms with Crippen LogP contribution in [-0.2, 0) is 9.53 Å². The summed E-state index contributed by atoms with van der Waals surface area (Å²) in [6, 6.07) is 3.14. The third-order valence-corrected chi connectivity index (χ3v) is 4.03. The van der Waals surface area contributed by atoms with Gasteiger partial charge in [0.1, 0.15) is 6.04 Å². The van der Waals surface area contributed by atoms with E-state index in [1.807, 2.05) is 4.90 Å². The van der Waals surface area contributed by atoms with Crippen LogP contribution >= 0.6 is 0 Å². The van der Waals surface area contributed by atoms with Crippen molar-refractivity contribution in [2.24, 2.45) is 0 Å². The van der Waals surface area contributed by atoms with Crippen LogP contribution in [0.4, 0.5) is 0 Å². The van der Waals surface area contributed by atoms with Gasteiger partial charge in [-0.05, 0) is 25.0 Å². The van der Waals surface area contributed by atoms with Crippen molar-refractivity contribution < 1.29 is 14.3 Å². The number of carbonyl (C=O) groups excluding carboxylic acids is 2. The van der Waals surface area contributed by atoms with Gasteiger partial charge in [0, 0.05) is 32.0 Å². The van der Waals surface area contributed by atoms with Gasteiger partial charge in [0.25, 0.3) is 5.91 Å². The van der Waals surface area contributed by atoms with Gasteiger partial charge in [-0.25, -0.2) is 0 Å². The Labute approximate surface area is 123 Å². The summed E-state index contributed by atoms with van der Waals surface area (Å²) in [7, 11) is 0. The first-order valence-electron chi connectivity index (χ1n) is 7.35. The number of likely N-dealkylation sites (tertiary alicyclic amines) is 1. The van der Waals surface area contributed by atoms with E-state index in [-0.39, 0.29) is 17.9 Å². The number of hydrogen-bond acceptors (Lipinski definition) is 4. The number of rotatable bonds is 2. The van der Waals surface area contributed by atoms with E-state index >= 15 is 0 Å². The minimum Gasteiger partial charge on any atom is -0.378 e. The molecule has 21 heavy (non-hydrogen) atoms. The summed E-state index contributed by atoms with van der Waals surface area (Å²) in [6.07, 6.45) is 4.79. The average molecular weight is 289 g/mol. The first-order valence-corrected chi connectivity index (χ1v) is 7.35. The highest BCUT2D eigenvalue weighted by molar-refractivity contribution is 5.97. The quantitative estimate of drug-likeness (QED) is 0.797. The molecule has 2 saturated heterocycles. The van der Waals surface area contributed by atoms with Crippen molar-refractivity contribution in [2.75, 3.05) is 32.8 Å². The zero-order valence-electron chi connectivity index (χ0n) is 11.9. The van der Waals surface area contributed by atoms with E-state index in [2.05, 4.69) is 4.98 Å². The number of amides is 2. The van der Waals surface area contributed by atoms with Gasteiger partial charge in [-0.2, -0.15) is 0 Å². The fraction of sp³-hybridized carbons (Fsp3) is 0.533. The maximum absolute atomic E-state index is 12.6. The summed E-state index contributed by atoms with van der Waals surface area (Å²) in [4.78, 5) is 32.6. The highest BCUT2D eigenvalue weighted by Gasteiger charge is 2.37. The SMILES string of the molecule is O=C([C@@H]1CCCN1C(=O)c1cccnc1)N1CCOCC1. The van der Waals surface area contributed by atoms with Crippen LogP contribution in [0.2, 0.25) is 0 Å². The summed E-state index contributed by atoms with van der Waals surface area (Å²) in [5, 5.41) is 0. The van der Waals surface area contributed by atoms with Crippen LogP contribution in [0, 0.1) is 0 Å². The molecule has 2 amide bonds. The molecular formula is C15H19N3O3. The van der Waals surface area contributed by atoms with Gasteiger partial charge in [0.2, 0.25) is 5.91 Å². The molecule has 2 aliphatic rings. The second-order valence-electron chi connectivity index (χ2n) is 5.34. The lowest BCUT2D eigenvalue weighted by molar-refractivity contribution is -0.139. The molecule has 3 rings (SSSR count). The van der Waals surface area contributed by atoms with Crippen molar-refractivity contribution in [1.82, 2.24) is 14.8 Å². The molecule has 0 N–H and O–H groups in total. The Kier molecular flexibility index (Phi) is 4.15. The number of hydrogen-bond donors (Lipinski definition) is 0. The lowest BCUT2D eigenvalue weighted by Gasteiger charge is -2.32. The Morgan fingerprint density at radius 2 is 2.05 bits per heavy atom. The summed E-state index contributed by atoms with van der Waals surface area (Å²) in [5.74, 6) is -0.0553. The Balaban J connectivity index is 1.73. The second kappa shape index (κ2) is 6.22. The Morgan fingerprint density at radius 1 is 1.24 bits per heavy atom. The monoisotopic (exact) mass is 289 g/mol. The Hall–Kier alpha value is -1.95. The Morgan fingerprint density at radius 3 is 2.76 bits per heavy atom. The maximum Gasteiger partial charge on any atom is 0.256 e. The van der Waals surface area contributed by atoms with E-state index in [1.54, 1.807) is 29.4 Å².